The van der Waals surface area contributed by atoms with Gasteiger partial charge in [-0.25, -0.2) is 0 Å². The average Bonchev–Trinajstić information content (AvgIpc) is 2.32. The van der Waals surface area contributed by atoms with Gasteiger partial charge in [0.2, 0.25) is 0 Å². The smallest absolute Gasteiger partial charge is 0.113 e. The molecule has 0 amide bonds. The average molecular weight is 157 g/mol. The highest BCUT2D eigenvalue weighted by atomic mass is 16.5. The topological polar surface area (TPSA) is 12.5 Å². The third-order valence-electron chi connectivity index (χ3n) is 2.20. The Morgan fingerprint density at radius 2 is 1.91 bits per heavy atom. The first kappa shape index (κ1) is 9.01. The zero-order valence-electron chi connectivity index (χ0n) is 8.00. The van der Waals surface area contributed by atoms with E-state index < -0.39 is 0 Å². The van der Waals surface area contributed by atoms with Crippen molar-refractivity contribution < 1.29 is 4.74 Å². The third-order valence-corrected chi connectivity index (χ3v) is 2.20. The molecule has 0 bridgehead atoms. The molecular weight excluding hydrogens is 138 g/mol. The molecule has 1 heterocycles. The second-order valence-corrected chi connectivity index (χ2v) is 3.84. The van der Waals surface area contributed by atoms with Gasteiger partial charge in [-0.15, -0.1) is 0 Å². The van der Waals surface area contributed by atoms with Gasteiger partial charge < -0.3 is 4.74 Å². The van der Waals surface area contributed by atoms with Crippen LogP contribution in [0.4, 0.5) is 0 Å². The minimum absolute atomic E-state index is 0.356. The lowest BCUT2D eigenvalue weighted by molar-refractivity contribution is -0.0144. The van der Waals surface area contributed by atoms with E-state index in [-0.39, 0.29) is 0 Å². The van der Waals surface area contributed by atoms with Crippen LogP contribution in [0.2, 0.25) is 0 Å². The fourth-order valence-electron chi connectivity index (χ4n) is 1.63. The molecule has 0 unspecified atom stereocenters. The number of ether oxygens (including phenoxy) is 1. The van der Waals surface area contributed by atoms with E-state index in [2.05, 4.69) is 32.6 Å². The SMILES string of the molecule is CC(C)[C@@H]1OCCN1C(C)C. The van der Waals surface area contributed by atoms with Crippen molar-refractivity contribution in [1.82, 2.24) is 4.90 Å². The molecule has 0 N–H and O–H groups in total. The molecule has 0 saturated carbocycles. The van der Waals surface area contributed by atoms with Crippen molar-refractivity contribution in [3.8, 4) is 0 Å². The monoisotopic (exact) mass is 157 g/mol. The Balaban J connectivity index is 2.51. The van der Waals surface area contributed by atoms with Crippen LogP contribution >= 0.6 is 0 Å². The summed E-state index contributed by atoms with van der Waals surface area (Å²) in [7, 11) is 0. The Morgan fingerprint density at radius 1 is 1.27 bits per heavy atom. The Kier molecular flexibility index (Phi) is 2.90. The minimum atomic E-state index is 0.356. The van der Waals surface area contributed by atoms with Crippen LogP contribution in [0.3, 0.4) is 0 Å². The molecule has 0 aromatic carbocycles. The molecule has 66 valence electrons. The number of hydrogen-bond acceptors (Lipinski definition) is 2. The van der Waals surface area contributed by atoms with Crippen molar-refractivity contribution in [2.45, 2.75) is 40.0 Å². The van der Waals surface area contributed by atoms with Gasteiger partial charge in [0.15, 0.2) is 0 Å². The first-order chi connectivity index (χ1) is 5.13. The molecule has 0 aromatic heterocycles. The van der Waals surface area contributed by atoms with Crippen LogP contribution in [-0.4, -0.2) is 30.3 Å². The summed E-state index contributed by atoms with van der Waals surface area (Å²) in [4.78, 5) is 2.42. The van der Waals surface area contributed by atoms with Gasteiger partial charge >= 0.3 is 0 Å². The molecular formula is C9H19NO. The van der Waals surface area contributed by atoms with Gasteiger partial charge in [0.25, 0.3) is 0 Å². The van der Waals surface area contributed by atoms with Crippen LogP contribution in [0, 0.1) is 5.92 Å². The summed E-state index contributed by atoms with van der Waals surface area (Å²) in [6.45, 7) is 10.9. The lowest BCUT2D eigenvalue weighted by atomic mass is 10.1. The highest BCUT2D eigenvalue weighted by Gasteiger charge is 2.29. The third kappa shape index (κ3) is 1.94. The number of rotatable bonds is 2. The fraction of sp³-hybridized carbons (Fsp3) is 1.00. The maximum absolute atomic E-state index is 5.61. The van der Waals surface area contributed by atoms with Crippen LogP contribution in [0.1, 0.15) is 27.7 Å². The lowest BCUT2D eigenvalue weighted by Gasteiger charge is -2.29. The molecule has 0 aliphatic carbocycles. The zero-order chi connectivity index (χ0) is 8.43. The maximum Gasteiger partial charge on any atom is 0.113 e. The number of nitrogens with zero attached hydrogens (tertiary/aromatic N) is 1. The maximum atomic E-state index is 5.61. The standard InChI is InChI=1S/C9H19NO/c1-7(2)9-10(8(3)4)5-6-11-9/h7-9H,5-6H2,1-4H3/t9-/m0/s1. The Bertz CT molecular complexity index is 109. The van der Waals surface area contributed by atoms with Crippen molar-refractivity contribution in [3.63, 3.8) is 0 Å². The Morgan fingerprint density at radius 3 is 2.27 bits per heavy atom. The summed E-state index contributed by atoms with van der Waals surface area (Å²) in [6, 6.07) is 0.616. The van der Waals surface area contributed by atoms with Gasteiger partial charge in [0.05, 0.1) is 6.61 Å². The fourth-order valence-corrected chi connectivity index (χ4v) is 1.63. The highest BCUT2D eigenvalue weighted by molar-refractivity contribution is 4.74. The van der Waals surface area contributed by atoms with E-state index in [1.807, 2.05) is 0 Å². The predicted octanol–water partition coefficient (Wildman–Crippen LogP) is 1.71. The number of hydrogen-bond donors (Lipinski definition) is 0. The van der Waals surface area contributed by atoms with E-state index in [1.165, 1.54) is 0 Å². The van der Waals surface area contributed by atoms with E-state index in [4.69, 9.17) is 4.74 Å². The van der Waals surface area contributed by atoms with E-state index in [1.54, 1.807) is 0 Å². The summed E-state index contributed by atoms with van der Waals surface area (Å²) in [5.41, 5.74) is 0. The summed E-state index contributed by atoms with van der Waals surface area (Å²) < 4.78 is 5.61. The minimum Gasteiger partial charge on any atom is -0.362 e. The van der Waals surface area contributed by atoms with E-state index in [0.29, 0.717) is 18.2 Å². The van der Waals surface area contributed by atoms with Crippen molar-refractivity contribution >= 4 is 0 Å². The van der Waals surface area contributed by atoms with Crippen LogP contribution in [0.25, 0.3) is 0 Å². The summed E-state index contributed by atoms with van der Waals surface area (Å²) in [6.07, 6.45) is 0.356. The van der Waals surface area contributed by atoms with Gasteiger partial charge in [0.1, 0.15) is 6.23 Å². The van der Waals surface area contributed by atoms with Gasteiger partial charge in [-0.2, -0.15) is 0 Å². The highest BCUT2D eigenvalue weighted by Crippen LogP contribution is 2.19. The summed E-state index contributed by atoms with van der Waals surface area (Å²) in [5.74, 6) is 0.611. The molecule has 1 rings (SSSR count). The van der Waals surface area contributed by atoms with Crippen molar-refractivity contribution in [1.29, 1.82) is 0 Å². The van der Waals surface area contributed by atoms with Gasteiger partial charge in [-0.05, 0) is 19.8 Å². The van der Waals surface area contributed by atoms with Crippen LogP contribution in [0.5, 0.6) is 0 Å². The molecule has 1 aliphatic heterocycles. The first-order valence-electron chi connectivity index (χ1n) is 4.50. The first-order valence-corrected chi connectivity index (χ1v) is 4.50. The Labute approximate surface area is 69.5 Å². The lowest BCUT2D eigenvalue weighted by Crippen LogP contribution is -2.39. The second kappa shape index (κ2) is 3.55. The second-order valence-electron chi connectivity index (χ2n) is 3.84. The molecule has 2 heteroatoms. The van der Waals surface area contributed by atoms with Crippen LogP contribution < -0.4 is 0 Å². The van der Waals surface area contributed by atoms with Crippen LogP contribution in [-0.2, 0) is 4.74 Å². The molecule has 1 aliphatic rings. The molecule has 0 spiro atoms. The van der Waals surface area contributed by atoms with E-state index in [9.17, 15) is 0 Å². The Hall–Kier alpha value is -0.0800. The van der Waals surface area contributed by atoms with Gasteiger partial charge in [0, 0.05) is 12.6 Å². The van der Waals surface area contributed by atoms with Crippen LogP contribution in [0.15, 0.2) is 0 Å². The molecule has 1 atom stereocenters. The molecule has 0 aromatic rings. The normalized spacial score (nSPS) is 27.3. The quantitative estimate of drug-likeness (QED) is 0.605. The van der Waals surface area contributed by atoms with Crippen molar-refractivity contribution in [2.24, 2.45) is 5.92 Å². The van der Waals surface area contributed by atoms with E-state index in [0.717, 1.165) is 13.2 Å². The van der Waals surface area contributed by atoms with Crippen molar-refractivity contribution in [2.75, 3.05) is 13.2 Å². The molecule has 0 radical (unpaired) electrons. The molecule has 2 nitrogen and oxygen atoms in total. The van der Waals surface area contributed by atoms with Crippen molar-refractivity contribution in [3.05, 3.63) is 0 Å². The molecule has 11 heavy (non-hydrogen) atoms. The zero-order valence-corrected chi connectivity index (χ0v) is 8.00. The summed E-state index contributed by atoms with van der Waals surface area (Å²) in [5, 5.41) is 0. The molecule has 1 saturated heterocycles. The van der Waals surface area contributed by atoms with E-state index >= 15 is 0 Å². The molecule has 1 fully saturated rings. The van der Waals surface area contributed by atoms with Gasteiger partial charge in [-0.3, -0.25) is 4.90 Å². The summed E-state index contributed by atoms with van der Waals surface area (Å²) >= 11 is 0. The van der Waals surface area contributed by atoms with Gasteiger partial charge in [-0.1, -0.05) is 13.8 Å². The predicted molar refractivity (Wildman–Crippen MR) is 46.4 cm³/mol. The largest absolute Gasteiger partial charge is 0.362 e.